The quantitative estimate of drug-likeness (QED) is 0.326. The second-order valence-corrected chi connectivity index (χ2v) is 9.63. The van der Waals surface area contributed by atoms with Crippen LogP contribution in [0.3, 0.4) is 0 Å². The number of allylic oxidation sites excluding steroid dienone is 2. The molecule has 2 heterocycles. The lowest BCUT2D eigenvalue weighted by Gasteiger charge is -2.28. The van der Waals surface area contributed by atoms with E-state index in [1.807, 2.05) is 0 Å². The number of thioether (sulfide) groups is 1. The maximum atomic E-state index is 13.3. The fourth-order valence-corrected chi connectivity index (χ4v) is 4.81. The summed E-state index contributed by atoms with van der Waals surface area (Å²) in [7, 11) is 0. The van der Waals surface area contributed by atoms with Gasteiger partial charge in [-0.25, -0.2) is 0 Å². The first-order valence-corrected chi connectivity index (χ1v) is 12.5. The van der Waals surface area contributed by atoms with E-state index in [4.69, 9.17) is 27.6 Å². The lowest BCUT2D eigenvalue weighted by atomic mass is 9.85. The Morgan fingerprint density at radius 2 is 1.64 bits per heavy atom. The molecule has 0 aliphatic carbocycles. The predicted molar refractivity (Wildman–Crippen MR) is 143 cm³/mol. The Balaban J connectivity index is 1.57. The zero-order chi connectivity index (χ0) is 25.7. The van der Waals surface area contributed by atoms with Crippen LogP contribution in [-0.4, -0.2) is 17.6 Å². The van der Waals surface area contributed by atoms with E-state index in [9.17, 15) is 14.9 Å². The molecule has 1 atom stereocenters. The molecule has 36 heavy (non-hydrogen) atoms. The summed E-state index contributed by atoms with van der Waals surface area (Å²) in [5, 5.41) is 20.5. The zero-order valence-corrected chi connectivity index (χ0v) is 21.3. The third-order valence-corrected chi connectivity index (χ3v) is 6.82. The zero-order valence-electron chi connectivity index (χ0n) is 19.0. The summed E-state index contributed by atoms with van der Waals surface area (Å²) in [5.41, 5.74) is 2.33. The lowest BCUT2D eigenvalue weighted by molar-refractivity contribution is -0.114. The third-order valence-electron chi connectivity index (χ3n) is 5.30. The van der Waals surface area contributed by atoms with E-state index in [0.717, 1.165) is 0 Å². The van der Waals surface area contributed by atoms with Crippen LogP contribution in [-0.2, 0) is 9.59 Å². The van der Waals surface area contributed by atoms with Crippen molar-refractivity contribution in [3.05, 3.63) is 105 Å². The van der Waals surface area contributed by atoms with Gasteiger partial charge in [-0.1, -0.05) is 35.0 Å². The van der Waals surface area contributed by atoms with Crippen molar-refractivity contribution in [1.29, 1.82) is 5.26 Å². The molecule has 0 radical (unpaired) electrons. The van der Waals surface area contributed by atoms with Gasteiger partial charge in [-0.3, -0.25) is 9.59 Å². The normalized spacial score (nSPS) is 15.2. The maximum absolute atomic E-state index is 13.3. The van der Waals surface area contributed by atoms with Crippen molar-refractivity contribution < 1.29 is 14.0 Å². The van der Waals surface area contributed by atoms with Crippen molar-refractivity contribution in [2.75, 3.05) is 16.4 Å². The molecule has 2 aromatic carbocycles. The summed E-state index contributed by atoms with van der Waals surface area (Å²) in [6.45, 7) is 1.75. The van der Waals surface area contributed by atoms with E-state index in [1.54, 1.807) is 67.6 Å². The van der Waals surface area contributed by atoms with Gasteiger partial charge in [0.25, 0.3) is 5.91 Å². The van der Waals surface area contributed by atoms with Crippen LogP contribution in [0.1, 0.15) is 18.6 Å². The summed E-state index contributed by atoms with van der Waals surface area (Å²) in [4.78, 5) is 25.9. The molecule has 4 rings (SSSR count). The fraction of sp³-hybridized carbons (Fsp3) is 0.115. The number of amides is 2. The summed E-state index contributed by atoms with van der Waals surface area (Å²) < 4.78 is 5.62. The first kappa shape index (κ1) is 25.5. The van der Waals surface area contributed by atoms with Crippen molar-refractivity contribution in [2.45, 2.75) is 12.8 Å². The molecule has 1 aliphatic heterocycles. The third kappa shape index (κ3) is 5.94. The fourth-order valence-electron chi connectivity index (χ4n) is 3.67. The highest BCUT2D eigenvalue weighted by molar-refractivity contribution is 8.03. The first-order valence-electron chi connectivity index (χ1n) is 10.8. The van der Waals surface area contributed by atoms with Gasteiger partial charge in [0.1, 0.15) is 5.76 Å². The molecule has 1 aromatic heterocycles. The number of hydrogen-bond donors (Lipinski definition) is 3. The number of carbonyl (C=O) groups is 2. The van der Waals surface area contributed by atoms with E-state index in [0.29, 0.717) is 43.5 Å². The van der Waals surface area contributed by atoms with E-state index in [-0.39, 0.29) is 23.1 Å². The Morgan fingerprint density at radius 1 is 1.03 bits per heavy atom. The van der Waals surface area contributed by atoms with Crippen LogP contribution < -0.4 is 16.0 Å². The first-order chi connectivity index (χ1) is 17.4. The molecule has 0 fully saturated rings. The monoisotopic (exact) mass is 538 g/mol. The van der Waals surface area contributed by atoms with Crippen molar-refractivity contribution >= 4 is 58.2 Å². The van der Waals surface area contributed by atoms with Gasteiger partial charge in [-0.2, -0.15) is 5.26 Å². The molecule has 0 spiro atoms. The largest absolute Gasteiger partial charge is 0.468 e. The highest BCUT2D eigenvalue weighted by Gasteiger charge is 2.36. The Labute approximate surface area is 222 Å². The SMILES string of the molecule is CC1=C(C(=O)Nc2ccc(Cl)cc2)[C@@H](c2ccco2)C(C#N)=C(SCC(=O)Nc2ccc(Cl)cc2)N1. The van der Waals surface area contributed by atoms with E-state index >= 15 is 0 Å². The number of nitriles is 1. The number of halogens is 2. The topological polar surface area (TPSA) is 107 Å². The van der Waals surface area contributed by atoms with Crippen LogP contribution in [0.25, 0.3) is 0 Å². The molecule has 0 saturated carbocycles. The molecule has 3 N–H and O–H groups in total. The summed E-state index contributed by atoms with van der Waals surface area (Å²) >= 11 is 13.0. The molecule has 3 aromatic rings. The van der Waals surface area contributed by atoms with Gasteiger partial charge in [0, 0.05) is 27.1 Å². The number of benzene rings is 2. The Hall–Kier alpha value is -3.64. The van der Waals surface area contributed by atoms with Crippen molar-refractivity contribution in [3.8, 4) is 6.07 Å². The summed E-state index contributed by atoms with van der Waals surface area (Å²) in [6, 6.07) is 19.1. The minimum absolute atomic E-state index is 0.0423. The predicted octanol–water partition coefficient (Wildman–Crippen LogP) is 6.29. The lowest BCUT2D eigenvalue weighted by Crippen LogP contribution is -2.31. The molecule has 7 nitrogen and oxygen atoms in total. The molecule has 0 bridgehead atoms. The van der Waals surface area contributed by atoms with Crippen LogP contribution in [0.5, 0.6) is 0 Å². The van der Waals surface area contributed by atoms with Gasteiger partial charge >= 0.3 is 0 Å². The minimum atomic E-state index is -0.750. The second kappa shape index (κ2) is 11.4. The van der Waals surface area contributed by atoms with E-state index in [1.165, 1.54) is 18.0 Å². The van der Waals surface area contributed by atoms with Crippen LogP contribution in [0.15, 0.2) is 93.2 Å². The highest BCUT2D eigenvalue weighted by atomic mass is 35.5. The summed E-state index contributed by atoms with van der Waals surface area (Å²) in [5.74, 6) is -0.907. The van der Waals surface area contributed by atoms with Crippen LogP contribution >= 0.6 is 35.0 Å². The second-order valence-electron chi connectivity index (χ2n) is 7.77. The van der Waals surface area contributed by atoms with Gasteiger partial charge in [-0.15, -0.1) is 0 Å². The van der Waals surface area contributed by atoms with Crippen LogP contribution in [0.4, 0.5) is 11.4 Å². The Kier molecular flexibility index (Phi) is 8.06. The maximum Gasteiger partial charge on any atom is 0.254 e. The van der Waals surface area contributed by atoms with Gasteiger partial charge in [0.2, 0.25) is 5.91 Å². The number of dihydropyridines is 1. The van der Waals surface area contributed by atoms with E-state index < -0.39 is 5.92 Å². The number of carbonyl (C=O) groups excluding carboxylic acids is 2. The number of furan rings is 1. The molecule has 1 aliphatic rings. The Bertz CT molecular complexity index is 1380. The van der Waals surface area contributed by atoms with Crippen molar-refractivity contribution in [2.24, 2.45) is 0 Å². The number of rotatable bonds is 7. The molecular weight excluding hydrogens is 519 g/mol. The van der Waals surface area contributed by atoms with Gasteiger partial charge in [0.15, 0.2) is 0 Å². The molecule has 182 valence electrons. The average Bonchev–Trinajstić information content (AvgIpc) is 3.39. The van der Waals surface area contributed by atoms with Crippen molar-refractivity contribution in [1.82, 2.24) is 5.32 Å². The van der Waals surface area contributed by atoms with Crippen LogP contribution in [0, 0.1) is 11.3 Å². The average molecular weight is 539 g/mol. The number of nitrogens with zero attached hydrogens (tertiary/aromatic N) is 1. The minimum Gasteiger partial charge on any atom is -0.468 e. The van der Waals surface area contributed by atoms with Crippen molar-refractivity contribution in [3.63, 3.8) is 0 Å². The molecule has 2 amide bonds. The molecule has 10 heteroatoms. The Morgan fingerprint density at radius 3 is 2.19 bits per heavy atom. The van der Waals surface area contributed by atoms with E-state index in [2.05, 4.69) is 22.0 Å². The highest BCUT2D eigenvalue weighted by Crippen LogP contribution is 2.41. The standard InChI is InChI=1S/C26H20Cl2N4O3S/c1-15-23(25(34)32-19-10-6-17(28)7-11-19)24(21-3-2-12-35-21)20(13-29)26(30-15)36-14-22(33)31-18-8-4-16(27)5-9-18/h2-12,24,30H,14H2,1H3,(H,31,33)(H,32,34)/t24-/m1/s1. The molecular formula is C26H20Cl2N4O3S. The summed E-state index contributed by atoms with van der Waals surface area (Å²) in [6.07, 6.45) is 1.49. The van der Waals surface area contributed by atoms with Gasteiger partial charge in [-0.05, 0) is 67.6 Å². The number of anilines is 2. The number of hydrogen-bond acceptors (Lipinski definition) is 6. The smallest absolute Gasteiger partial charge is 0.254 e. The number of nitrogens with one attached hydrogen (secondary N) is 3. The van der Waals surface area contributed by atoms with Crippen LogP contribution in [0.2, 0.25) is 10.0 Å². The van der Waals surface area contributed by atoms with Gasteiger partial charge in [0.05, 0.1) is 40.2 Å². The van der Waals surface area contributed by atoms with Gasteiger partial charge < -0.3 is 20.4 Å². The molecule has 0 unspecified atom stereocenters. The molecule has 0 saturated heterocycles.